The zero-order valence-electron chi connectivity index (χ0n) is 9.61. The molecule has 90 valence electrons. The van der Waals surface area contributed by atoms with Crippen molar-refractivity contribution in [1.29, 1.82) is 0 Å². The first-order valence-corrected chi connectivity index (χ1v) is 5.53. The third-order valence-corrected chi connectivity index (χ3v) is 2.47. The molecule has 0 radical (unpaired) electrons. The molecule has 0 aliphatic rings. The Balaban J connectivity index is 2.81. The van der Waals surface area contributed by atoms with Crippen LogP contribution in [0.25, 0.3) is 0 Å². The van der Waals surface area contributed by atoms with Gasteiger partial charge in [0.15, 0.2) is 5.78 Å². The summed E-state index contributed by atoms with van der Waals surface area (Å²) in [6, 6.07) is 0. The van der Waals surface area contributed by atoms with Crippen molar-refractivity contribution < 1.29 is 4.79 Å². The summed E-state index contributed by atoms with van der Waals surface area (Å²) in [5.41, 5.74) is 5.82. The molecule has 0 atom stereocenters. The monoisotopic (exact) mass is 244 g/mol. The van der Waals surface area contributed by atoms with Gasteiger partial charge >= 0.3 is 0 Å². The van der Waals surface area contributed by atoms with E-state index in [9.17, 15) is 4.79 Å². The van der Waals surface area contributed by atoms with Gasteiger partial charge in [0.05, 0.1) is 17.8 Å². The number of halogens is 1. The minimum absolute atomic E-state index is 0.0521. The molecule has 0 saturated heterocycles. The van der Waals surface area contributed by atoms with E-state index >= 15 is 0 Å². The smallest absolute Gasteiger partial charge is 0.183 e. The van der Waals surface area contributed by atoms with E-state index in [4.69, 9.17) is 17.3 Å². The molecule has 2 N–H and O–H groups in total. The van der Waals surface area contributed by atoms with Crippen molar-refractivity contribution in [3.8, 4) is 0 Å². The van der Waals surface area contributed by atoms with Crippen molar-refractivity contribution in [3.05, 3.63) is 16.9 Å². The fourth-order valence-electron chi connectivity index (χ4n) is 1.35. The van der Waals surface area contributed by atoms with E-state index in [1.807, 2.05) is 19.0 Å². The SMILES string of the molecule is CN(C)CCn1ncc(Cl)c1C(=O)CCN. The molecule has 0 bridgehead atoms. The van der Waals surface area contributed by atoms with Crippen molar-refractivity contribution in [2.24, 2.45) is 5.73 Å². The van der Waals surface area contributed by atoms with Crippen LogP contribution >= 0.6 is 11.6 Å². The summed E-state index contributed by atoms with van der Waals surface area (Å²) in [5.74, 6) is -0.0521. The maximum Gasteiger partial charge on any atom is 0.183 e. The third kappa shape index (κ3) is 3.30. The normalized spacial score (nSPS) is 11.1. The molecule has 0 amide bonds. The van der Waals surface area contributed by atoms with Gasteiger partial charge in [0.25, 0.3) is 0 Å². The Labute approximate surface area is 100 Å². The van der Waals surface area contributed by atoms with Crippen LogP contribution in [0.2, 0.25) is 5.02 Å². The number of nitrogens with zero attached hydrogens (tertiary/aromatic N) is 3. The van der Waals surface area contributed by atoms with Crippen LogP contribution in [-0.2, 0) is 6.54 Å². The van der Waals surface area contributed by atoms with Gasteiger partial charge in [-0.3, -0.25) is 9.48 Å². The number of carbonyl (C=O) groups excluding carboxylic acids is 1. The van der Waals surface area contributed by atoms with E-state index in [0.29, 0.717) is 30.2 Å². The Morgan fingerprint density at radius 1 is 1.62 bits per heavy atom. The molecule has 0 fully saturated rings. The summed E-state index contributed by atoms with van der Waals surface area (Å²) in [7, 11) is 3.93. The molecule has 16 heavy (non-hydrogen) atoms. The van der Waals surface area contributed by atoms with Crippen molar-refractivity contribution >= 4 is 17.4 Å². The van der Waals surface area contributed by atoms with Gasteiger partial charge in [0.2, 0.25) is 0 Å². The van der Waals surface area contributed by atoms with Gasteiger partial charge in [-0.1, -0.05) is 11.6 Å². The largest absolute Gasteiger partial charge is 0.330 e. The van der Waals surface area contributed by atoms with E-state index in [1.165, 1.54) is 6.20 Å². The molecule has 0 saturated carbocycles. The van der Waals surface area contributed by atoms with Crippen LogP contribution in [0, 0.1) is 0 Å². The lowest BCUT2D eigenvalue weighted by atomic mass is 10.2. The summed E-state index contributed by atoms with van der Waals surface area (Å²) >= 11 is 5.93. The Morgan fingerprint density at radius 2 is 2.31 bits per heavy atom. The second-order valence-electron chi connectivity index (χ2n) is 3.83. The predicted molar refractivity (Wildman–Crippen MR) is 63.8 cm³/mol. The lowest BCUT2D eigenvalue weighted by molar-refractivity contribution is 0.0974. The molecule has 6 heteroatoms. The van der Waals surface area contributed by atoms with Crippen molar-refractivity contribution in [2.45, 2.75) is 13.0 Å². The van der Waals surface area contributed by atoms with Crippen LogP contribution in [0.4, 0.5) is 0 Å². The predicted octanol–water partition coefficient (Wildman–Crippen LogP) is 0.630. The molecule has 1 aromatic rings. The molecule has 1 heterocycles. The summed E-state index contributed by atoms with van der Waals surface area (Å²) in [6.07, 6.45) is 1.80. The van der Waals surface area contributed by atoms with Crippen LogP contribution in [0.5, 0.6) is 0 Å². The highest BCUT2D eigenvalue weighted by atomic mass is 35.5. The number of hydrogen-bond acceptors (Lipinski definition) is 4. The Bertz CT molecular complexity index is 362. The maximum atomic E-state index is 11.8. The van der Waals surface area contributed by atoms with E-state index in [2.05, 4.69) is 5.10 Å². The Hall–Kier alpha value is -0.910. The fourth-order valence-corrected chi connectivity index (χ4v) is 1.60. The molecular formula is C10H17ClN4O. The molecule has 0 spiro atoms. The van der Waals surface area contributed by atoms with Crippen LogP contribution in [0.15, 0.2) is 6.20 Å². The Kier molecular flexibility index (Phi) is 4.92. The number of rotatable bonds is 6. The molecule has 0 aliphatic carbocycles. The zero-order chi connectivity index (χ0) is 12.1. The van der Waals surface area contributed by atoms with E-state index in [-0.39, 0.29) is 5.78 Å². The topological polar surface area (TPSA) is 64.2 Å². The highest BCUT2D eigenvalue weighted by Gasteiger charge is 2.16. The summed E-state index contributed by atoms with van der Waals surface area (Å²) in [6.45, 7) is 1.78. The van der Waals surface area contributed by atoms with E-state index in [1.54, 1.807) is 4.68 Å². The first-order chi connectivity index (χ1) is 7.56. The zero-order valence-corrected chi connectivity index (χ0v) is 10.4. The molecule has 0 aromatic carbocycles. The highest BCUT2D eigenvalue weighted by molar-refractivity contribution is 6.33. The first kappa shape index (κ1) is 13.2. The van der Waals surface area contributed by atoms with Crippen LogP contribution in [0.1, 0.15) is 16.9 Å². The summed E-state index contributed by atoms with van der Waals surface area (Å²) in [4.78, 5) is 13.8. The van der Waals surface area contributed by atoms with Crippen LogP contribution in [-0.4, -0.2) is 47.6 Å². The quantitative estimate of drug-likeness (QED) is 0.746. The van der Waals surface area contributed by atoms with Gasteiger partial charge in [-0.05, 0) is 20.6 Å². The van der Waals surface area contributed by atoms with Crippen LogP contribution < -0.4 is 5.73 Å². The molecule has 5 nitrogen and oxygen atoms in total. The number of carbonyl (C=O) groups is 1. The number of nitrogens with two attached hydrogens (primary N) is 1. The second kappa shape index (κ2) is 5.98. The number of hydrogen-bond donors (Lipinski definition) is 1. The van der Waals surface area contributed by atoms with Gasteiger partial charge in [0.1, 0.15) is 5.69 Å². The van der Waals surface area contributed by atoms with E-state index in [0.717, 1.165) is 6.54 Å². The molecule has 1 aromatic heterocycles. The minimum Gasteiger partial charge on any atom is -0.330 e. The minimum atomic E-state index is -0.0521. The lowest BCUT2D eigenvalue weighted by Gasteiger charge is -2.11. The standard InChI is InChI=1S/C10H17ClN4O/c1-14(2)5-6-15-10(8(11)7-13-15)9(16)3-4-12/h7H,3-6,12H2,1-2H3. The Morgan fingerprint density at radius 3 is 2.88 bits per heavy atom. The molecule has 0 aliphatic heterocycles. The molecular weight excluding hydrogens is 228 g/mol. The van der Waals surface area contributed by atoms with Crippen molar-refractivity contribution in [3.63, 3.8) is 0 Å². The van der Waals surface area contributed by atoms with Crippen LogP contribution in [0.3, 0.4) is 0 Å². The van der Waals surface area contributed by atoms with Gasteiger partial charge < -0.3 is 10.6 Å². The van der Waals surface area contributed by atoms with Gasteiger partial charge in [-0.15, -0.1) is 0 Å². The molecule has 1 rings (SSSR count). The summed E-state index contributed by atoms with van der Waals surface area (Å²) in [5, 5.41) is 4.49. The number of ketones is 1. The third-order valence-electron chi connectivity index (χ3n) is 2.19. The number of likely N-dealkylation sites (N-methyl/N-ethyl adjacent to an activating group) is 1. The fraction of sp³-hybridized carbons (Fsp3) is 0.600. The average molecular weight is 245 g/mol. The molecule has 0 unspecified atom stereocenters. The van der Waals surface area contributed by atoms with Crippen molar-refractivity contribution in [1.82, 2.24) is 14.7 Å². The maximum absolute atomic E-state index is 11.8. The number of Topliss-reactive ketones (excluding diaryl/α,β-unsaturated/α-hetero) is 1. The lowest BCUT2D eigenvalue weighted by Crippen LogP contribution is -2.22. The first-order valence-electron chi connectivity index (χ1n) is 5.15. The second-order valence-corrected chi connectivity index (χ2v) is 4.24. The summed E-state index contributed by atoms with van der Waals surface area (Å²) < 4.78 is 1.64. The van der Waals surface area contributed by atoms with E-state index < -0.39 is 0 Å². The van der Waals surface area contributed by atoms with Gasteiger partial charge in [-0.2, -0.15) is 5.10 Å². The average Bonchev–Trinajstić information content (AvgIpc) is 2.57. The highest BCUT2D eigenvalue weighted by Crippen LogP contribution is 2.16. The van der Waals surface area contributed by atoms with Gasteiger partial charge in [0, 0.05) is 13.0 Å². The van der Waals surface area contributed by atoms with Gasteiger partial charge in [-0.25, -0.2) is 0 Å². The van der Waals surface area contributed by atoms with Crippen molar-refractivity contribution in [2.75, 3.05) is 27.2 Å². The number of aromatic nitrogens is 2.